The second-order valence-corrected chi connectivity index (χ2v) is 7.24. The zero-order valence-electron chi connectivity index (χ0n) is 14.7. The summed E-state index contributed by atoms with van der Waals surface area (Å²) in [6.07, 6.45) is 1.88. The van der Waals surface area contributed by atoms with Gasteiger partial charge in [-0.15, -0.1) is 0 Å². The number of anilines is 1. The van der Waals surface area contributed by atoms with Gasteiger partial charge in [-0.2, -0.15) is 18.3 Å². The summed E-state index contributed by atoms with van der Waals surface area (Å²) in [5, 5.41) is 4.32. The Hall–Kier alpha value is -2.09. The summed E-state index contributed by atoms with van der Waals surface area (Å²) in [7, 11) is 0. The van der Waals surface area contributed by atoms with E-state index in [1.807, 2.05) is 28.9 Å². The van der Waals surface area contributed by atoms with E-state index in [-0.39, 0.29) is 0 Å². The van der Waals surface area contributed by atoms with Crippen LogP contribution in [0.4, 0.5) is 19.0 Å². The number of alkyl halides is 3. The number of aromatic nitrogens is 3. The van der Waals surface area contributed by atoms with Gasteiger partial charge < -0.3 is 4.90 Å². The Kier molecular flexibility index (Phi) is 4.38. The molecule has 2 atom stereocenters. The normalized spacial score (nSPS) is 23.6. The zero-order chi connectivity index (χ0) is 18.3. The number of likely N-dealkylation sites (tertiary alicyclic amines) is 1. The monoisotopic (exact) mass is 365 g/mol. The minimum Gasteiger partial charge on any atom is -0.355 e. The molecule has 0 saturated carbocycles. The molecular formula is C18H22F3N5. The Morgan fingerprint density at radius 3 is 2.81 bits per heavy atom. The molecule has 0 spiro atoms. The van der Waals surface area contributed by atoms with Gasteiger partial charge in [-0.1, -0.05) is 0 Å². The van der Waals surface area contributed by atoms with Gasteiger partial charge in [-0.3, -0.25) is 9.58 Å². The highest BCUT2D eigenvalue weighted by atomic mass is 19.4. The van der Waals surface area contributed by atoms with Gasteiger partial charge in [0.15, 0.2) is 0 Å². The summed E-state index contributed by atoms with van der Waals surface area (Å²) in [5.74, 6) is 0.919. The fourth-order valence-corrected chi connectivity index (χ4v) is 4.10. The molecule has 4 heterocycles. The summed E-state index contributed by atoms with van der Waals surface area (Å²) in [6, 6.07) is 2.57. The fraction of sp³-hybridized carbons (Fsp3) is 0.556. The van der Waals surface area contributed by atoms with E-state index in [1.54, 1.807) is 0 Å². The number of fused-ring (bicyclic) bond motifs is 1. The van der Waals surface area contributed by atoms with E-state index in [9.17, 15) is 13.2 Å². The lowest BCUT2D eigenvalue weighted by atomic mass is 10.1. The van der Waals surface area contributed by atoms with E-state index in [1.165, 1.54) is 6.20 Å². The molecule has 0 amide bonds. The Bertz CT molecular complexity index is 772. The highest BCUT2D eigenvalue weighted by molar-refractivity contribution is 5.44. The van der Waals surface area contributed by atoms with Gasteiger partial charge in [0.2, 0.25) is 0 Å². The van der Waals surface area contributed by atoms with Gasteiger partial charge in [0.25, 0.3) is 0 Å². The third-order valence-electron chi connectivity index (χ3n) is 5.44. The van der Waals surface area contributed by atoms with Crippen molar-refractivity contribution in [3.8, 4) is 0 Å². The Labute approximate surface area is 150 Å². The molecule has 0 aromatic carbocycles. The standard InChI is InChI=1S/C18H22F3N5/c1-13-9-23-26(10-13)7-6-24-5-3-14-11-25(12-16(14)24)17-8-15(2-4-22-17)18(19,20)21/h2,4,8-10,14,16H,3,5-7,11-12H2,1H3. The van der Waals surface area contributed by atoms with Crippen molar-refractivity contribution in [3.05, 3.63) is 41.9 Å². The number of rotatable bonds is 4. The van der Waals surface area contributed by atoms with E-state index in [0.717, 1.165) is 56.8 Å². The molecule has 2 aliphatic rings. The van der Waals surface area contributed by atoms with Crippen LogP contribution in [0.2, 0.25) is 0 Å². The van der Waals surface area contributed by atoms with Crippen LogP contribution in [0.5, 0.6) is 0 Å². The van der Waals surface area contributed by atoms with Crippen molar-refractivity contribution in [1.29, 1.82) is 0 Å². The minimum absolute atomic E-state index is 0.378. The summed E-state index contributed by atoms with van der Waals surface area (Å²) in [6.45, 7) is 6.31. The number of halogens is 3. The average molecular weight is 365 g/mol. The molecule has 8 heteroatoms. The first-order chi connectivity index (χ1) is 12.4. The van der Waals surface area contributed by atoms with Crippen LogP contribution in [-0.2, 0) is 12.7 Å². The van der Waals surface area contributed by atoms with Crippen molar-refractivity contribution in [2.45, 2.75) is 32.1 Å². The van der Waals surface area contributed by atoms with Crippen molar-refractivity contribution in [3.63, 3.8) is 0 Å². The molecule has 5 nitrogen and oxygen atoms in total. The number of hydrogen-bond acceptors (Lipinski definition) is 4. The van der Waals surface area contributed by atoms with Crippen LogP contribution in [0.3, 0.4) is 0 Å². The molecule has 2 fully saturated rings. The highest BCUT2D eigenvalue weighted by Gasteiger charge is 2.42. The van der Waals surface area contributed by atoms with Crippen LogP contribution in [0.15, 0.2) is 30.7 Å². The SMILES string of the molecule is Cc1cnn(CCN2CCC3CN(c4cc(C(F)(F)F)ccn4)CC32)c1. The van der Waals surface area contributed by atoms with Crippen LogP contribution in [0.1, 0.15) is 17.5 Å². The van der Waals surface area contributed by atoms with Crippen LogP contribution in [0, 0.1) is 12.8 Å². The maximum absolute atomic E-state index is 12.9. The van der Waals surface area contributed by atoms with Gasteiger partial charge >= 0.3 is 6.18 Å². The lowest BCUT2D eigenvalue weighted by Gasteiger charge is -2.25. The molecule has 0 radical (unpaired) electrons. The van der Waals surface area contributed by atoms with Gasteiger partial charge in [0, 0.05) is 38.1 Å². The van der Waals surface area contributed by atoms with Crippen molar-refractivity contribution >= 4 is 5.82 Å². The second kappa shape index (κ2) is 6.57. The minimum atomic E-state index is -4.33. The molecule has 26 heavy (non-hydrogen) atoms. The summed E-state index contributed by atoms with van der Waals surface area (Å²) in [5.41, 5.74) is 0.512. The van der Waals surface area contributed by atoms with E-state index < -0.39 is 11.7 Å². The quantitative estimate of drug-likeness (QED) is 0.835. The third-order valence-corrected chi connectivity index (χ3v) is 5.44. The smallest absolute Gasteiger partial charge is 0.355 e. The van der Waals surface area contributed by atoms with E-state index in [2.05, 4.69) is 15.0 Å². The lowest BCUT2D eigenvalue weighted by Crippen LogP contribution is -2.37. The molecule has 2 saturated heterocycles. The van der Waals surface area contributed by atoms with Gasteiger partial charge in [0.05, 0.1) is 18.3 Å². The molecular weight excluding hydrogens is 343 g/mol. The van der Waals surface area contributed by atoms with Gasteiger partial charge in [-0.25, -0.2) is 4.98 Å². The lowest BCUT2D eigenvalue weighted by molar-refractivity contribution is -0.137. The van der Waals surface area contributed by atoms with E-state index >= 15 is 0 Å². The van der Waals surface area contributed by atoms with E-state index in [0.29, 0.717) is 17.8 Å². The summed E-state index contributed by atoms with van der Waals surface area (Å²) in [4.78, 5) is 8.61. The predicted octanol–water partition coefficient (Wildman–Crippen LogP) is 2.82. The maximum atomic E-state index is 12.9. The van der Waals surface area contributed by atoms with E-state index in [4.69, 9.17) is 0 Å². The molecule has 2 aliphatic heterocycles. The number of pyridine rings is 1. The van der Waals surface area contributed by atoms with Crippen LogP contribution in [-0.4, -0.2) is 51.9 Å². The molecule has 0 bridgehead atoms. The number of nitrogens with zero attached hydrogens (tertiary/aromatic N) is 5. The Morgan fingerprint density at radius 1 is 1.23 bits per heavy atom. The van der Waals surface area contributed by atoms with Crippen molar-refractivity contribution in [1.82, 2.24) is 19.7 Å². The molecule has 0 aliphatic carbocycles. The van der Waals surface area contributed by atoms with Crippen molar-refractivity contribution in [2.75, 3.05) is 31.1 Å². The summed E-state index contributed by atoms with van der Waals surface area (Å²) >= 11 is 0. The topological polar surface area (TPSA) is 37.2 Å². The van der Waals surface area contributed by atoms with Crippen molar-refractivity contribution < 1.29 is 13.2 Å². The van der Waals surface area contributed by atoms with Crippen LogP contribution >= 0.6 is 0 Å². The molecule has 2 unspecified atom stereocenters. The van der Waals surface area contributed by atoms with Gasteiger partial charge in [0.1, 0.15) is 5.82 Å². The largest absolute Gasteiger partial charge is 0.416 e. The summed E-state index contributed by atoms with van der Waals surface area (Å²) < 4.78 is 40.8. The van der Waals surface area contributed by atoms with Gasteiger partial charge in [-0.05, 0) is 43.5 Å². The Balaban J connectivity index is 1.41. The van der Waals surface area contributed by atoms with Crippen molar-refractivity contribution in [2.24, 2.45) is 5.92 Å². The first-order valence-corrected chi connectivity index (χ1v) is 8.91. The van der Waals surface area contributed by atoms with Crippen LogP contribution < -0.4 is 4.90 Å². The highest BCUT2D eigenvalue weighted by Crippen LogP contribution is 2.35. The molecule has 4 rings (SSSR count). The Morgan fingerprint density at radius 2 is 2.08 bits per heavy atom. The second-order valence-electron chi connectivity index (χ2n) is 7.24. The average Bonchev–Trinajstić information content (AvgIpc) is 3.28. The first-order valence-electron chi connectivity index (χ1n) is 8.91. The third kappa shape index (κ3) is 3.42. The van der Waals surface area contributed by atoms with Crippen LogP contribution in [0.25, 0.3) is 0 Å². The molecule has 0 N–H and O–H groups in total. The first kappa shape index (κ1) is 17.3. The molecule has 2 aromatic rings. The fourth-order valence-electron chi connectivity index (χ4n) is 4.10. The number of aryl methyl sites for hydroxylation is 1. The maximum Gasteiger partial charge on any atom is 0.416 e. The molecule has 140 valence electrons. The predicted molar refractivity (Wildman–Crippen MR) is 91.9 cm³/mol. The zero-order valence-corrected chi connectivity index (χ0v) is 14.7. The number of hydrogen-bond donors (Lipinski definition) is 0. The molecule has 2 aromatic heterocycles.